The molecular weight excluding hydrogens is 394 g/mol. The first-order valence-corrected chi connectivity index (χ1v) is 9.83. The maximum absolute atomic E-state index is 13.0. The molecule has 2 aromatic heterocycles. The summed E-state index contributed by atoms with van der Waals surface area (Å²) in [6.07, 6.45) is 2.17. The van der Waals surface area contributed by atoms with Crippen LogP contribution in [0.5, 0.6) is 0 Å². The number of nitrogens with zero attached hydrogens (tertiary/aromatic N) is 2. The van der Waals surface area contributed by atoms with Gasteiger partial charge in [-0.05, 0) is 31.2 Å². The van der Waals surface area contributed by atoms with E-state index in [9.17, 15) is 9.59 Å². The fraction of sp³-hybridized carbons (Fsp3) is 0.125. The highest BCUT2D eigenvalue weighted by atomic mass is 16.5. The van der Waals surface area contributed by atoms with Crippen LogP contribution in [0.25, 0.3) is 16.9 Å². The molecular formula is C24H21N3O4. The van der Waals surface area contributed by atoms with Crippen LogP contribution in [-0.2, 0) is 16.1 Å². The van der Waals surface area contributed by atoms with Crippen LogP contribution in [0.2, 0.25) is 0 Å². The summed E-state index contributed by atoms with van der Waals surface area (Å²) in [7, 11) is 0. The molecule has 0 bridgehead atoms. The van der Waals surface area contributed by atoms with Crippen molar-refractivity contribution in [1.82, 2.24) is 15.1 Å². The number of hydrogen-bond acceptors (Lipinski definition) is 5. The van der Waals surface area contributed by atoms with E-state index < -0.39 is 18.0 Å². The summed E-state index contributed by atoms with van der Waals surface area (Å²) in [5.41, 5.74) is 2.35. The molecule has 0 aliphatic rings. The number of benzene rings is 2. The van der Waals surface area contributed by atoms with E-state index in [-0.39, 0.29) is 12.1 Å². The van der Waals surface area contributed by atoms with Gasteiger partial charge in [0.25, 0.3) is 5.91 Å². The lowest BCUT2D eigenvalue weighted by atomic mass is 10.1. The number of hydrogen-bond donors (Lipinski definition) is 1. The lowest BCUT2D eigenvalue weighted by Crippen LogP contribution is -2.35. The van der Waals surface area contributed by atoms with Gasteiger partial charge in [-0.3, -0.25) is 4.79 Å². The quantitative estimate of drug-likeness (QED) is 0.461. The molecule has 0 aliphatic carbocycles. The Morgan fingerprint density at radius 3 is 2.42 bits per heavy atom. The van der Waals surface area contributed by atoms with Crippen LogP contribution >= 0.6 is 0 Å². The van der Waals surface area contributed by atoms with Crippen molar-refractivity contribution in [2.75, 3.05) is 0 Å². The highest BCUT2D eigenvalue weighted by Crippen LogP contribution is 2.24. The Kier molecular flexibility index (Phi) is 5.93. The molecule has 4 aromatic rings. The van der Waals surface area contributed by atoms with Gasteiger partial charge in [0.1, 0.15) is 17.0 Å². The van der Waals surface area contributed by atoms with Gasteiger partial charge < -0.3 is 14.5 Å². The molecule has 0 unspecified atom stereocenters. The smallest absolute Gasteiger partial charge is 0.342 e. The Balaban J connectivity index is 1.55. The summed E-state index contributed by atoms with van der Waals surface area (Å²) in [5.74, 6) is -0.425. The molecule has 1 amide bonds. The van der Waals surface area contributed by atoms with E-state index in [2.05, 4.69) is 10.4 Å². The van der Waals surface area contributed by atoms with E-state index in [1.54, 1.807) is 23.0 Å². The highest BCUT2D eigenvalue weighted by molar-refractivity contribution is 5.97. The molecule has 2 heterocycles. The normalized spacial score (nSPS) is 11.6. The predicted octanol–water partition coefficient (Wildman–Crippen LogP) is 3.99. The Labute approximate surface area is 179 Å². The number of ether oxygens (including phenoxy) is 1. The molecule has 0 saturated carbocycles. The Morgan fingerprint density at radius 1 is 1.03 bits per heavy atom. The third-order valence-corrected chi connectivity index (χ3v) is 4.67. The third-order valence-electron chi connectivity index (χ3n) is 4.67. The maximum atomic E-state index is 13.0. The second kappa shape index (κ2) is 9.13. The number of carbonyl (C=O) groups excluding carboxylic acids is 2. The van der Waals surface area contributed by atoms with Crippen LogP contribution < -0.4 is 5.32 Å². The molecule has 1 N–H and O–H groups in total. The van der Waals surface area contributed by atoms with Crippen LogP contribution in [0.15, 0.2) is 89.7 Å². The number of amides is 1. The molecule has 0 radical (unpaired) electrons. The van der Waals surface area contributed by atoms with Gasteiger partial charge in [0.15, 0.2) is 6.10 Å². The number of rotatable bonds is 7. The summed E-state index contributed by atoms with van der Waals surface area (Å²) in [4.78, 5) is 25.3. The molecule has 0 fully saturated rings. The van der Waals surface area contributed by atoms with E-state index >= 15 is 0 Å². The van der Waals surface area contributed by atoms with E-state index in [1.165, 1.54) is 13.2 Å². The second-order valence-electron chi connectivity index (χ2n) is 6.88. The number of nitrogens with one attached hydrogen (secondary N) is 1. The fourth-order valence-electron chi connectivity index (χ4n) is 3.05. The summed E-state index contributed by atoms with van der Waals surface area (Å²) in [5, 5.41) is 7.29. The number of para-hydroxylation sites is 1. The standard InChI is InChI=1S/C24H21N3O4/c1-17(23(28)25-15-20-13-8-14-30-20)31-24(29)21-16-27(19-11-6-3-7-12-19)26-22(21)18-9-4-2-5-10-18/h2-14,16-17H,15H2,1H3,(H,25,28)/t17-/m0/s1. The predicted molar refractivity (Wildman–Crippen MR) is 114 cm³/mol. The van der Waals surface area contributed by atoms with Gasteiger partial charge in [0.2, 0.25) is 0 Å². The van der Waals surface area contributed by atoms with Crippen LogP contribution in [0.1, 0.15) is 23.0 Å². The Hall–Kier alpha value is -4.13. The SMILES string of the molecule is C[C@H](OC(=O)c1cn(-c2ccccc2)nc1-c1ccccc1)C(=O)NCc1ccco1. The van der Waals surface area contributed by atoms with Crippen molar-refractivity contribution < 1.29 is 18.7 Å². The molecule has 31 heavy (non-hydrogen) atoms. The molecule has 156 valence electrons. The molecule has 7 nitrogen and oxygen atoms in total. The van der Waals surface area contributed by atoms with Crippen molar-refractivity contribution in [2.45, 2.75) is 19.6 Å². The van der Waals surface area contributed by atoms with E-state index in [1.807, 2.05) is 60.7 Å². The van der Waals surface area contributed by atoms with E-state index in [0.717, 1.165) is 11.3 Å². The van der Waals surface area contributed by atoms with Crippen LogP contribution in [-0.4, -0.2) is 27.8 Å². The number of esters is 1. The summed E-state index contributed by atoms with van der Waals surface area (Å²) >= 11 is 0. The van der Waals surface area contributed by atoms with Crippen molar-refractivity contribution in [3.8, 4) is 16.9 Å². The van der Waals surface area contributed by atoms with Crippen molar-refractivity contribution in [3.05, 3.63) is 96.6 Å². The molecule has 0 aliphatic heterocycles. The number of carbonyl (C=O) groups is 2. The monoisotopic (exact) mass is 415 g/mol. The summed E-state index contributed by atoms with van der Waals surface area (Å²) < 4.78 is 12.3. The summed E-state index contributed by atoms with van der Waals surface area (Å²) in [6.45, 7) is 1.74. The average molecular weight is 415 g/mol. The van der Waals surface area contributed by atoms with Crippen molar-refractivity contribution in [2.24, 2.45) is 0 Å². The Bertz CT molecular complexity index is 1150. The first kappa shape index (κ1) is 20.2. The van der Waals surface area contributed by atoms with Gasteiger partial charge >= 0.3 is 5.97 Å². The maximum Gasteiger partial charge on any atom is 0.342 e. The fourth-order valence-corrected chi connectivity index (χ4v) is 3.05. The minimum Gasteiger partial charge on any atom is -0.467 e. The van der Waals surface area contributed by atoms with Crippen LogP contribution in [0.3, 0.4) is 0 Å². The zero-order chi connectivity index (χ0) is 21.6. The minimum atomic E-state index is -0.980. The molecule has 1 atom stereocenters. The largest absolute Gasteiger partial charge is 0.467 e. The van der Waals surface area contributed by atoms with Gasteiger partial charge in [-0.25, -0.2) is 9.48 Å². The van der Waals surface area contributed by atoms with Crippen molar-refractivity contribution >= 4 is 11.9 Å². The highest BCUT2D eigenvalue weighted by Gasteiger charge is 2.24. The average Bonchev–Trinajstić information content (AvgIpc) is 3.49. The van der Waals surface area contributed by atoms with Crippen LogP contribution in [0, 0.1) is 0 Å². The van der Waals surface area contributed by atoms with E-state index in [4.69, 9.17) is 9.15 Å². The molecule has 7 heteroatoms. The van der Waals surface area contributed by atoms with Gasteiger partial charge in [-0.2, -0.15) is 5.10 Å². The minimum absolute atomic E-state index is 0.217. The number of furan rings is 1. The van der Waals surface area contributed by atoms with Gasteiger partial charge in [0, 0.05) is 11.8 Å². The second-order valence-corrected chi connectivity index (χ2v) is 6.88. The lowest BCUT2D eigenvalue weighted by molar-refractivity contribution is -0.129. The first-order valence-electron chi connectivity index (χ1n) is 9.83. The third kappa shape index (κ3) is 4.72. The van der Waals surface area contributed by atoms with Crippen molar-refractivity contribution in [3.63, 3.8) is 0 Å². The van der Waals surface area contributed by atoms with Crippen molar-refractivity contribution in [1.29, 1.82) is 0 Å². The summed E-state index contributed by atoms with van der Waals surface area (Å²) in [6, 6.07) is 22.3. The first-order chi connectivity index (χ1) is 15.1. The molecule has 2 aromatic carbocycles. The van der Waals surface area contributed by atoms with Crippen LogP contribution in [0.4, 0.5) is 0 Å². The zero-order valence-corrected chi connectivity index (χ0v) is 16.9. The van der Waals surface area contributed by atoms with Gasteiger partial charge in [0.05, 0.1) is 18.5 Å². The van der Waals surface area contributed by atoms with Gasteiger partial charge in [-0.15, -0.1) is 0 Å². The molecule has 4 rings (SSSR count). The Morgan fingerprint density at radius 2 is 1.74 bits per heavy atom. The van der Waals surface area contributed by atoms with E-state index in [0.29, 0.717) is 11.5 Å². The lowest BCUT2D eigenvalue weighted by Gasteiger charge is -2.13. The van der Waals surface area contributed by atoms with Gasteiger partial charge in [-0.1, -0.05) is 48.5 Å². The zero-order valence-electron chi connectivity index (χ0n) is 16.9. The topological polar surface area (TPSA) is 86.4 Å². The molecule has 0 saturated heterocycles. The number of aromatic nitrogens is 2. The molecule has 0 spiro atoms.